The van der Waals surface area contributed by atoms with E-state index in [9.17, 15) is 0 Å². The van der Waals surface area contributed by atoms with Crippen molar-refractivity contribution in [2.45, 2.75) is 18.8 Å². The molecule has 1 atom stereocenters. The Morgan fingerprint density at radius 3 is 3.11 bits per heavy atom. The average Bonchev–Trinajstić information content (AvgIpc) is 2.89. The Kier molecular flexibility index (Phi) is 3.30. The molecule has 2 heterocycles. The van der Waals surface area contributed by atoms with Crippen LogP contribution >= 0.6 is 11.3 Å². The normalized spacial score (nSPS) is 19.9. The van der Waals surface area contributed by atoms with Crippen molar-refractivity contribution >= 4 is 17.0 Å². The summed E-state index contributed by atoms with van der Waals surface area (Å²) in [7, 11) is 0. The van der Waals surface area contributed by atoms with Crippen molar-refractivity contribution in [3.63, 3.8) is 0 Å². The van der Waals surface area contributed by atoms with E-state index in [-0.39, 0.29) is 0 Å². The maximum absolute atomic E-state index is 5.80. The molecule has 0 aliphatic carbocycles. The Morgan fingerprint density at radius 2 is 2.33 bits per heavy atom. The Morgan fingerprint density at radius 1 is 1.39 bits per heavy atom. The Balaban J connectivity index is 1.84. The molecule has 1 aliphatic heterocycles. The minimum atomic E-state index is 0.471. The van der Waals surface area contributed by atoms with Gasteiger partial charge in [0.2, 0.25) is 0 Å². The van der Waals surface area contributed by atoms with Crippen LogP contribution in [0.4, 0.5) is 5.69 Å². The van der Waals surface area contributed by atoms with E-state index in [0.717, 1.165) is 36.6 Å². The molecule has 3 nitrogen and oxygen atoms in total. The summed E-state index contributed by atoms with van der Waals surface area (Å²) in [5.74, 6) is 0.471. The Hall–Kier alpha value is -1.39. The van der Waals surface area contributed by atoms with Gasteiger partial charge in [0, 0.05) is 29.2 Å². The lowest BCUT2D eigenvalue weighted by molar-refractivity contribution is 0.0804. The monoisotopic (exact) mass is 260 g/mol. The van der Waals surface area contributed by atoms with E-state index in [1.165, 1.54) is 11.4 Å². The van der Waals surface area contributed by atoms with E-state index in [0.29, 0.717) is 5.92 Å². The van der Waals surface area contributed by atoms with Crippen molar-refractivity contribution in [3.05, 3.63) is 34.7 Å². The maximum Gasteiger partial charge on any atom is 0.0986 e. The molecule has 0 radical (unpaired) electrons. The number of nitrogens with two attached hydrogens (primary N) is 1. The van der Waals surface area contributed by atoms with Crippen LogP contribution < -0.4 is 5.73 Å². The number of hydrogen-bond donors (Lipinski definition) is 1. The van der Waals surface area contributed by atoms with E-state index in [1.807, 2.05) is 24.3 Å². The van der Waals surface area contributed by atoms with Crippen LogP contribution in [0.1, 0.15) is 23.8 Å². The molecule has 2 N–H and O–H groups in total. The Bertz CT molecular complexity index is 532. The summed E-state index contributed by atoms with van der Waals surface area (Å²) in [6.45, 7) is 1.70. The summed E-state index contributed by atoms with van der Waals surface area (Å²) in [5.41, 5.74) is 8.69. The third-order valence-corrected chi connectivity index (χ3v) is 4.22. The maximum atomic E-state index is 5.80. The number of ether oxygens (including phenoxy) is 1. The van der Waals surface area contributed by atoms with E-state index in [2.05, 4.69) is 5.38 Å². The van der Waals surface area contributed by atoms with Crippen molar-refractivity contribution in [1.29, 1.82) is 0 Å². The number of rotatable bonds is 2. The molecule has 1 aliphatic rings. The first-order valence-corrected chi connectivity index (χ1v) is 7.10. The zero-order chi connectivity index (χ0) is 12.4. The van der Waals surface area contributed by atoms with Crippen molar-refractivity contribution < 1.29 is 4.74 Å². The average molecular weight is 260 g/mol. The van der Waals surface area contributed by atoms with Gasteiger partial charge in [0.1, 0.15) is 0 Å². The number of anilines is 1. The van der Waals surface area contributed by atoms with Gasteiger partial charge in [0.05, 0.1) is 17.3 Å². The van der Waals surface area contributed by atoms with Crippen LogP contribution in [0.25, 0.3) is 11.3 Å². The van der Waals surface area contributed by atoms with Gasteiger partial charge in [-0.3, -0.25) is 0 Å². The molecule has 0 amide bonds. The highest BCUT2D eigenvalue weighted by molar-refractivity contribution is 7.10. The summed E-state index contributed by atoms with van der Waals surface area (Å²) in [6.07, 6.45) is 2.32. The molecule has 0 bridgehead atoms. The fraction of sp³-hybridized carbons (Fsp3) is 0.357. The van der Waals surface area contributed by atoms with Crippen LogP contribution in [0.3, 0.4) is 0 Å². The molecule has 18 heavy (non-hydrogen) atoms. The quantitative estimate of drug-likeness (QED) is 0.843. The second-order valence-electron chi connectivity index (χ2n) is 4.61. The van der Waals surface area contributed by atoms with Gasteiger partial charge >= 0.3 is 0 Å². The van der Waals surface area contributed by atoms with E-state index < -0.39 is 0 Å². The van der Waals surface area contributed by atoms with Gasteiger partial charge in [-0.05, 0) is 25.0 Å². The fourth-order valence-electron chi connectivity index (χ4n) is 2.24. The van der Waals surface area contributed by atoms with Gasteiger partial charge in [-0.25, -0.2) is 4.98 Å². The highest BCUT2D eigenvalue weighted by atomic mass is 32.1. The number of benzene rings is 1. The lowest BCUT2D eigenvalue weighted by atomic mass is 10.0. The van der Waals surface area contributed by atoms with Gasteiger partial charge in [0.25, 0.3) is 0 Å². The SMILES string of the molecule is Nc1cccc(-c2csc(C3CCCOC3)n2)c1. The predicted molar refractivity (Wildman–Crippen MR) is 74.8 cm³/mol. The van der Waals surface area contributed by atoms with Crippen molar-refractivity contribution in [3.8, 4) is 11.3 Å². The first-order valence-electron chi connectivity index (χ1n) is 6.22. The molecular formula is C14H16N2OS. The van der Waals surface area contributed by atoms with Crippen molar-refractivity contribution in [1.82, 2.24) is 4.98 Å². The summed E-state index contributed by atoms with van der Waals surface area (Å²) in [5, 5.41) is 3.30. The molecule has 0 spiro atoms. The molecular weight excluding hydrogens is 244 g/mol. The van der Waals surface area contributed by atoms with Crippen LogP contribution in [0.15, 0.2) is 29.6 Å². The summed E-state index contributed by atoms with van der Waals surface area (Å²) in [6, 6.07) is 7.88. The number of aromatic nitrogens is 1. The second kappa shape index (κ2) is 5.08. The van der Waals surface area contributed by atoms with Crippen LogP contribution in [-0.4, -0.2) is 18.2 Å². The van der Waals surface area contributed by atoms with Crippen LogP contribution in [0.5, 0.6) is 0 Å². The molecule has 1 aromatic heterocycles. The minimum Gasteiger partial charge on any atom is -0.399 e. The van der Waals surface area contributed by atoms with Crippen LogP contribution in [0, 0.1) is 0 Å². The van der Waals surface area contributed by atoms with Gasteiger partial charge in [-0.2, -0.15) is 0 Å². The third-order valence-electron chi connectivity index (χ3n) is 3.21. The number of nitrogens with zero attached hydrogens (tertiary/aromatic N) is 1. The summed E-state index contributed by atoms with van der Waals surface area (Å²) >= 11 is 1.72. The number of nitrogen functional groups attached to an aromatic ring is 1. The van der Waals surface area contributed by atoms with Gasteiger partial charge < -0.3 is 10.5 Å². The summed E-state index contributed by atoms with van der Waals surface area (Å²) < 4.78 is 5.52. The first kappa shape index (κ1) is 11.7. The molecule has 1 fully saturated rings. The lowest BCUT2D eigenvalue weighted by Crippen LogP contribution is -2.15. The van der Waals surface area contributed by atoms with Crippen molar-refractivity contribution in [2.75, 3.05) is 18.9 Å². The van der Waals surface area contributed by atoms with E-state index in [4.69, 9.17) is 15.5 Å². The molecule has 94 valence electrons. The van der Waals surface area contributed by atoms with Crippen LogP contribution in [0.2, 0.25) is 0 Å². The largest absolute Gasteiger partial charge is 0.399 e. The zero-order valence-electron chi connectivity index (χ0n) is 10.1. The van der Waals surface area contributed by atoms with E-state index >= 15 is 0 Å². The number of hydrogen-bond acceptors (Lipinski definition) is 4. The predicted octanol–water partition coefficient (Wildman–Crippen LogP) is 3.29. The molecule has 2 aromatic rings. The smallest absolute Gasteiger partial charge is 0.0986 e. The van der Waals surface area contributed by atoms with Gasteiger partial charge in [-0.1, -0.05) is 12.1 Å². The van der Waals surface area contributed by atoms with E-state index in [1.54, 1.807) is 11.3 Å². The fourth-order valence-corrected chi connectivity index (χ4v) is 3.19. The van der Waals surface area contributed by atoms with Crippen molar-refractivity contribution in [2.24, 2.45) is 0 Å². The lowest BCUT2D eigenvalue weighted by Gasteiger charge is -2.19. The topological polar surface area (TPSA) is 48.1 Å². The third kappa shape index (κ3) is 2.40. The zero-order valence-corrected chi connectivity index (χ0v) is 11.0. The van der Waals surface area contributed by atoms with Gasteiger partial charge in [-0.15, -0.1) is 11.3 Å². The minimum absolute atomic E-state index is 0.471. The molecule has 4 heteroatoms. The molecule has 1 unspecified atom stereocenters. The van der Waals surface area contributed by atoms with Gasteiger partial charge in [0.15, 0.2) is 0 Å². The Labute approximate surface area is 111 Å². The first-order chi connectivity index (χ1) is 8.83. The molecule has 3 rings (SSSR count). The highest BCUT2D eigenvalue weighted by Gasteiger charge is 2.19. The standard InChI is InChI=1S/C14H16N2OS/c15-12-5-1-3-10(7-12)13-9-18-14(16-13)11-4-2-6-17-8-11/h1,3,5,7,9,11H,2,4,6,8,15H2. The molecule has 1 saturated heterocycles. The van der Waals surface area contributed by atoms with Crippen LogP contribution in [-0.2, 0) is 4.74 Å². The second-order valence-corrected chi connectivity index (χ2v) is 5.50. The molecule has 0 saturated carbocycles. The number of thiazole rings is 1. The highest BCUT2D eigenvalue weighted by Crippen LogP contribution is 2.31. The molecule has 1 aromatic carbocycles. The summed E-state index contributed by atoms with van der Waals surface area (Å²) in [4.78, 5) is 4.73.